The summed E-state index contributed by atoms with van der Waals surface area (Å²) in [7, 11) is 1.72. The fourth-order valence-corrected chi connectivity index (χ4v) is 2.75. The lowest BCUT2D eigenvalue weighted by Crippen LogP contribution is -1.97. The highest BCUT2D eigenvalue weighted by Gasteiger charge is 2.09. The highest BCUT2D eigenvalue weighted by molar-refractivity contribution is 6.31. The minimum Gasteiger partial charge on any atom is -0.496 e. The maximum absolute atomic E-state index is 6.20. The van der Waals surface area contributed by atoms with Gasteiger partial charge in [0.1, 0.15) is 5.75 Å². The first-order chi connectivity index (χ1) is 10.2. The average Bonchev–Trinajstić information content (AvgIpc) is 3.00. The van der Waals surface area contributed by atoms with Crippen LogP contribution in [0.25, 0.3) is 0 Å². The van der Waals surface area contributed by atoms with Gasteiger partial charge in [0.05, 0.1) is 13.4 Å². The van der Waals surface area contributed by atoms with Gasteiger partial charge in [-0.2, -0.15) is 0 Å². The van der Waals surface area contributed by atoms with Crippen LogP contribution in [-0.2, 0) is 13.0 Å². The first kappa shape index (κ1) is 15.9. The zero-order chi connectivity index (χ0) is 15.1. The van der Waals surface area contributed by atoms with E-state index < -0.39 is 0 Å². The molecule has 1 aromatic carbocycles. The zero-order valence-corrected chi connectivity index (χ0v) is 13.6. The number of aromatic nitrogens is 2. The molecule has 0 unspecified atom stereocenters. The van der Waals surface area contributed by atoms with Crippen molar-refractivity contribution >= 4 is 11.6 Å². The standard InChI is InChI=1S/C17H23ClN2O/c1-14-15(17(21-2)9-8-16(14)18)7-5-3-4-6-11-20-12-10-19-13-20/h8-10,12-13H,3-7,11H2,1-2H3. The van der Waals surface area contributed by atoms with Gasteiger partial charge in [0.15, 0.2) is 0 Å². The number of benzene rings is 1. The summed E-state index contributed by atoms with van der Waals surface area (Å²) in [5.41, 5.74) is 2.40. The van der Waals surface area contributed by atoms with E-state index in [2.05, 4.69) is 16.5 Å². The monoisotopic (exact) mass is 306 g/mol. The van der Waals surface area contributed by atoms with E-state index >= 15 is 0 Å². The van der Waals surface area contributed by atoms with Crippen molar-refractivity contribution < 1.29 is 4.74 Å². The molecule has 0 atom stereocenters. The van der Waals surface area contributed by atoms with Crippen molar-refractivity contribution in [1.29, 1.82) is 0 Å². The van der Waals surface area contributed by atoms with E-state index in [1.54, 1.807) is 7.11 Å². The number of methoxy groups -OCH3 is 1. The number of halogens is 1. The Morgan fingerprint density at radius 3 is 2.71 bits per heavy atom. The molecule has 2 rings (SSSR count). The quantitative estimate of drug-likeness (QED) is 0.663. The van der Waals surface area contributed by atoms with Gasteiger partial charge in [-0.3, -0.25) is 0 Å². The minimum atomic E-state index is 0.825. The smallest absolute Gasteiger partial charge is 0.122 e. The van der Waals surface area contributed by atoms with Gasteiger partial charge in [-0.05, 0) is 49.4 Å². The summed E-state index contributed by atoms with van der Waals surface area (Å²) < 4.78 is 7.57. The number of aryl methyl sites for hydroxylation is 1. The van der Waals surface area contributed by atoms with Crippen molar-refractivity contribution in [2.24, 2.45) is 0 Å². The van der Waals surface area contributed by atoms with Crippen LogP contribution in [0.2, 0.25) is 5.02 Å². The molecule has 0 spiro atoms. The maximum atomic E-state index is 6.20. The summed E-state index contributed by atoms with van der Waals surface area (Å²) in [6.07, 6.45) is 11.6. The van der Waals surface area contributed by atoms with Crippen molar-refractivity contribution in [2.45, 2.75) is 45.6 Å². The van der Waals surface area contributed by atoms with Crippen LogP contribution in [0.3, 0.4) is 0 Å². The number of nitrogens with zero attached hydrogens (tertiary/aromatic N) is 2. The summed E-state index contributed by atoms with van der Waals surface area (Å²) in [4.78, 5) is 4.05. The van der Waals surface area contributed by atoms with Gasteiger partial charge >= 0.3 is 0 Å². The second kappa shape index (κ2) is 8.08. The van der Waals surface area contributed by atoms with Crippen LogP contribution in [0, 0.1) is 6.92 Å². The number of imidazole rings is 1. The van der Waals surface area contributed by atoms with E-state index in [-0.39, 0.29) is 0 Å². The summed E-state index contributed by atoms with van der Waals surface area (Å²) in [5.74, 6) is 0.954. The fraction of sp³-hybridized carbons (Fsp3) is 0.471. The molecule has 0 saturated heterocycles. The van der Waals surface area contributed by atoms with E-state index in [1.165, 1.54) is 31.2 Å². The average molecular weight is 307 g/mol. The summed E-state index contributed by atoms with van der Waals surface area (Å²) in [6.45, 7) is 3.12. The van der Waals surface area contributed by atoms with Crippen LogP contribution in [0.5, 0.6) is 5.75 Å². The van der Waals surface area contributed by atoms with Crippen LogP contribution in [0.1, 0.15) is 36.8 Å². The molecule has 0 fully saturated rings. The highest BCUT2D eigenvalue weighted by atomic mass is 35.5. The Bertz CT molecular complexity index is 552. The Morgan fingerprint density at radius 1 is 1.19 bits per heavy atom. The number of hydrogen-bond acceptors (Lipinski definition) is 2. The second-order valence-corrected chi connectivity index (χ2v) is 5.73. The van der Waals surface area contributed by atoms with Crippen molar-refractivity contribution in [3.05, 3.63) is 47.0 Å². The molecule has 0 amide bonds. The summed E-state index contributed by atoms with van der Waals surface area (Å²) in [6, 6.07) is 3.87. The molecule has 0 aliphatic carbocycles. The molecule has 4 heteroatoms. The molecule has 21 heavy (non-hydrogen) atoms. The van der Waals surface area contributed by atoms with Crippen molar-refractivity contribution in [2.75, 3.05) is 7.11 Å². The predicted molar refractivity (Wildman–Crippen MR) is 87.1 cm³/mol. The van der Waals surface area contributed by atoms with Crippen LogP contribution in [0.4, 0.5) is 0 Å². The first-order valence-electron chi connectivity index (χ1n) is 7.50. The molecule has 0 radical (unpaired) electrons. The molecule has 1 aromatic heterocycles. The van der Waals surface area contributed by atoms with E-state index in [4.69, 9.17) is 16.3 Å². The van der Waals surface area contributed by atoms with Crippen LogP contribution in [-0.4, -0.2) is 16.7 Å². The molecule has 0 aliphatic heterocycles. The van der Waals surface area contributed by atoms with Gasteiger partial charge in [0, 0.05) is 24.0 Å². The largest absolute Gasteiger partial charge is 0.496 e. The van der Waals surface area contributed by atoms with Gasteiger partial charge in [-0.15, -0.1) is 0 Å². The molecule has 0 bridgehead atoms. The van der Waals surface area contributed by atoms with Crippen molar-refractivity contribution in [3.63, 3.8) is 0 Å². The number of unbranched alkanes of at least 4 members (excludes halogenated alkanes) is 3. The second-order valence-electron chi connectivity index (χ2n) is 5.32. The van der Waals surface area contributed by atoms with E-state index in [1.807, 2.05) is 30.9 Å². The van der Waals surface area contributed by atoms with Gasteiger partial charge in [0.2, 0.25) is 0 Å². The number of hydrogen-bond donors (Lipinski definition) is 0. The van der Waals surface area contributed by atoms with E-state index in [9.17, 15) is 0 Å². The lowest BCUT2D eigenvalue weighted by molar-refractivity contribution is 0.408. The van der Waals surface area contributed by atoms with Gasteiger partial charge in [-0.25, -0.2) is 4.98 Å². The molecule has 0 aliphatic rings. The Labute approximate surface area is 131 Å². The van der Waals surface area contributed by atoms with Gasteiger partial charge < -0.3 is 9.30 Å². The van der Waals surface area contributed by atoms with Crippen molar-refractivity contribution in [1.82, 2.24) is 9.55 Å². The Kier molecular flexibility index (Phi) is 6.12. The fourth-order valence-electron chi connectivity index (χ4n) is 2.57. The topological polar surface area (TPSA) is 27.1 Å². The molecular formula is C17H23ClN2O. The molecule has 2 aromatic rings. The third kappa shape index (κ3) is 4.50. The lowest BCUT2D eigenvalue weighted by atomic mass is 10.0. The van der Waals surface area contributed by atoms with Gasteiger partial charge in [-0.1, -0.05) is 24.4 Å². The van der Waals surface area contributed by atoms with E-state index in [0.29, 0.717) is 0 Å². The summed E-state index contributed by atoms with van der Waals surface area (Å²) >= 11 is 6.20. The van der Waals surface area contributed by atoms with Crippen molar-refractivity contribution in [3.8, 4) is 5.75 Å². The molecule has 3 nitrogen and oxygen atoms in total. The summed E-state index contributed by atoms with van der Waals surface area (Å²) in [5, 5.41) is 0.825. The number of rotatable bonds is 8. The third-order valence-electron chi connectivity index (χ3n) is 3.86. The minimum absolute atomic E-state index is 0.825. The van der Waals surface area contributed by atoms with E-state index in [0.717, 1.165) is 29.3 Å². The Morgan fingerprint density at radius 2 is 2.00 bits per heavy atom. The molecule has 1 heterocycles. The van der Waals surface area contributed by atoms with Crippen LogP contribution < -0.4 is 4.74 Å². The molecular weight excluding hydrogens is 284 g/mol. The van der Waals surface area contributed by atoms with Crippen LogP contribution >= 0.6 is 11.6 Å². The Balaban J connectivity index is 1.74. The van der Waals surface area contributed by atoms with Gasteiger partial charge in [0.25, 0.3) is 0 Å². The Hall–Kier alpha value is -1.48. The first-order valence-corrected chi connectivity index (χ1v) is 7.88. The molecule has 0 saturated carbocycles. The molecule has 0 N–H and O–H groups in total. The highest BCUT2D eigenvalue weighted by Crippen LogP contribution is 2.29. The number of ether oxygens (including phenoxy) is 1. The lowest BCUT2D eigenvalue weighted by Gasteiger charge is -2.13. The predicted octanol–water partition coefficient (Wildman–Crippen LogP) is 4.66. The third-order valence-corrected chi connectivity index (χ3v) is 4.27. The normalized spacial score (nSPS) is 10.8. The SMILES string of the molecule is COc1ccc(Cl)c(C)c1CCCCCCn1ccnc1. The maximum Gasteiger partial charge on any atom is 0.122 e. The molecule has 114 valence electrons. The zero-order valence-electron chi connectivity index (χ0n) is 12.8. The van der Waals surface area contributed by atoms with Crippen LogP contribution in [0.15, 0.2) is 30.9 Å².